The van der Waals surface area contributed by atoms with Gasteiger partial charge in [-0.1, -0.05) is 12.8 Å². The van der Waals surface area contributed by atoms with Crippen molar-refractivity contribution in [2.45, 2.75) is 95.1 Å². The van der Waals surface area contributed by atoms with Crippen LogP contribution in [0.2, 0.25) is 37.8 Å². The SMILES string of the molecule is C[SiH]1O[Si](C)(CCCOCCC(F)(F)F)CCCCO[Si](C)(CCCC2CC(=O)OC2=O)O1.FCC(F)(F)F.FCOF.FF. The van der Waals surface area contributed by atoms with Crippen molar-refractivity contribution in [2.24, 2.45) is 5.92 Å². The van der Waals surface area contributed by atoms with Crippen molar-refractivity contribution in [1.82, 2.24) is 0 Å². The van der Waals surface area contributed by atoms with E-state index in [2.05, 4.69) is 16.2 Å². The molecule has 0 aromatic heterocycles. The zero-order valence-electron chi connectivity index (χ0n) is 25.2. The fraction of sp³-hybridized carbons (Fsp3) is 0.913. The predicted octanol–water partition coefficient (Wildman–Crippen LogP) is 7.73. The van der Waals surface area contributed by atoms with Crippen molar-refractivity contribution < 1.29 is 85.5 Å². The Labute approximate surface area is 258 Å². The van der Waals surface area contributed by atoms with Gasteiger partial charge in [-0.25, -0.2) is 8.78 Å². The van der Waals surface area contributed by atoms with Crippen LogP contribution in [0.4, 0.5) is 48.8 Å². The van der Waals surface area contributed by atoms with Gasteiger partial charge in [0.2, 0.25) is 6.86 Å². The molecule has 0 radical (unpaired) electrons. The number of carbonyl (C=O) groups is 2. The molecule has 4 unspecified atom stereocenters. The van der Waals surface area contributed by atoms with E-state index in [1.54, 1.807) is 0 Å². The summed E-state index contributed by atoms with van der Waals surface area (Å²) in [5.41, 5.74) is 0. The molecule has 0 bridgehead atoms. The second kappa shape index (κ2) is 24.0. The van der Waals surface area contributed by atoms with Gasteiger partial charge in [-0.05, 0) is 61.6 Å². The summed E-state index contributed by atoms with van der Waals surface area (Å²) in [7, 11) is -6.53. The summed E-state index contributed by atoms with van der Waals surface area (Å²) < 4.78 is 143. The lowest BCUT2D eigenvalue weighted by molar-refractivity contribution is -0.167. The van der Waals surface area contributed by atoms with E-state index in [0.717, 1.165) is 37.4 Å². The molecule has 0 N–H and O–H groups in total. The first-order chi connectivity index (χ1) is 20.9. The van der Waals surface area contributed by atoms with E-state index in [1.165, 1.54) is 0 Å². The summed E-state index contributed by atoms with van der Waals surface area (Å²) in [6.45, 7) is 3.28. The molecule has 2 heterocycles. The number of esters is 2. The topological polar surface area (TPSA) is 89.5 Å². The van der Waals surface area contributed by atoms with Gasteiger partial charge in [-0.2, -0.15) is 31.3 Å². The van der Waals surface area contributed by atoms with Gasteiger partial charge < -0.3 is 22.1 Å². The number of halogens is 11. The number of ether oxygens (including phenoxy) is 2. The number of hydrogen-bond donors (Lipinski definition) is 0. The fourth-order valence-corrected chi connectivity index (χ4v) is 16.4. The molecule has 2 saturated heterocycles. The third-order valence-corrected chi connectivity index (χ3v) is 18.1. The highest BCUT2D eigenvalue weighted by atomic mass is 28.5. The zero-order valence-corrected chi connectivity index (χ0v) is 28.3. The van der Waals surface area contributed by atoms with Crippen LogP contribution >= 0.6 is 0 Å². The molecule has 45 heavy (non-hydrogen) atoms. The van der Waals surface area contributed by atoms with Crippen molar-refractivity contribution in [3.8, 4) is 0 Å². The second-order valence-electron chi connectivity index (χ2n) is 10.3. The minimum absolute atomic E-state index is 0.150. The molecular weight excluding hydrogens is 697 g/mol. The first-order valence-electron chi connectivity index (χ1n) is 13.8. The number of cyclic esters (lactones) is 2. The maximum Gasteiger partial charge on any atom is 0.416 e. The average Bonchev–Trinajstić information content (AvgIpc) is 3.26. The van der Waals surface area contributed by atoms with E-state index in [4.69, 9.17) is 26.5 Å². The van der Waals surface area contributed by atoms with E-state index in [-0.39, 0.29) is 18.9 Å². The lowest BCUT2D eigenvalue weighted by Gasteiger charge is -2.37. The van der Waals surface area contributed by atoms with Gasteiger partial charge in [0, 0.05) is 22.4 Å². The highest BCUT2D eigenvalue weighted by molar-refractivity contribution is 6.81. The summed E-state index contributed by atoms with van der Waals surface area (Å²) in [6, 6.07) is 2.52. The van der Waals surface area contributed by atoms with Gasteiger partial charge in [0.25, 0.3) is 9.28 Å². The molecule has 0 spiro atoms. The first-order valence-corrected chi connectivity index (χ1v) is 21.3. The van der Waals surface area contributed by atoms with Crippen LogP contribution in [0.3, 0.4) is 0 Å². The van der Waals surface area contributed by atoms with Crippen molar-refractivity contribution in [3.05, 3.63) is 0 Å². The molecule has 2 rings (SSSR count). The monoisotopic (exact) mass is 738 g/mol. The lowest BCUT2D eigenvalue weighted by Crippen LogP contribution is -2.49. The Morgan fingerprint density at radius 1 is 0.933 bits per heavy atom. The molecule has 8 nitrogen and oxygen atoms in total. The Balaban J connectivity index is 0. The van der Waals surface area contributed by atoms with Crippen molar-refractivity contribution >= 4 is 38.1 Å². The summed E-state index contributed by atoms with van der Waals surface area (Å²) >= 11 is 0. The summed E-state index contributed by atoms with van der Waals surface area (Å²) in [6.07, 6.45) is -5.70. The molecule has 2 aliphatic rings. The predicted molar refractivity (Wildman–Crippen MR) is 145 cm³/mol. The minimum atomic E-state index is -4.62. The van der Waals surface area contributed by atoms with Gasteiger partial charge in [-0.3, -0.25) is 9.59 Å². The minimum Gasteiger partial charge on any atom is -0.438 e. The van der Waals surface area contributed by atoms with Gasteiger partial charge >= 0.3 is 32.9 Å². The van der Waals surface area contributed by atoms with E-state index < -0.39 is 70.4 Å². The standard InChI is InChI=1S/C20H37F3O7Si3.C2H2F4.CH2F2O.F2/c1-31-29-32(2,14-7-10-26-12-9-20(21,22)23)13-5-4-11-27-33(3,30-31)15-6-8-17-16-18(24)28-19(17)25;3-1-2(4,5)6;2-1-4-3;1-2/h17,31H,4-16H2,1-3H3;1H2;1H2;. The average molecular weight is 739 g/mol. The highest BCUT2D eigenvalue weighted by Gasteiger charge is 2.40. The second-order valence-corrected chi connectivity index (χ2v) is 20.3. The summed E-state index contributed by atoms with van der Waals surface area (Å²) in [5, 5.41) is 0. The smallest absolute Gasteiger partial charge is 0.416 e. The molecular formula is C23H41F11O8Si3. The van der Waals surface area contributed by atoms with Gasteiger partial charge in [0.1, 0.15) is 0 Å². The molecule has 4 atom stereocenters. The van der Waals surface area contributed by atoms with Crippen LogP contribution < -0.4 is 0 Å². The number of alkyl halides is 8. The van der Waals surface area contributed by atoms with E-state index in [1.807, 2.05) is 13.1 Å². The van der Waals surface area contributed by atoms with Gasteiger partial charge in [0.15, 0.2) is 15.0 Å². The Morgan fingerprint density at radius 2 is 1.53 bits per heavy atom. The largest absolute Gasteiger partial charge is 0.438 e. The molecule has 0 aromatic rings. The third-order valence-electron chi connectivity index (χ3n) is 6.23. The van der Waals surface area contributed by atoms with Gasteiger partial charge in [0.05, 0.1) is 25.4 Å². The number of rotatable bonds is 11. The van der Waals surface area contributed by atoms with Crippen LogP contribution in [-0.2, 0) is 36.7 Å². The molecule has 0 aliphatic carbocycles. The van der Waals surface area contributed by atoms with E-state index >= 15 is 0 Å². The van der Waals surface area contributed by atoms with Gasteiger partial charge in [-0.15, -0.1) is 0 Å². The zero-order chi connectivity index (χ0) is 35.2. The van der Waals surface area contributed by atoms with Crippen molar-refractivity contribution in [3.63, 3.8) is 0 Å². The van der Waals surface area contributed by atoms with Crippen LogP contribution in [0.5, 0.6) is 0 Å². The quantitative estimate of drug-likeness (QED) is 0.0700. The normalized spacial score (nSPS) is 25.9. The highest BCUT2D eigenvalue weighted by Crippen LogP contribution is 2.30. The molecule has 0 saturated carbocycles. The summed E-state index contributed by atoms with van der Waals surface area (Å²) in [4.78, 5) is 25.3. The Bertz CT molecular complexity index is 800. The van der Waals surface area contributed by atoms with Crippen molar-refractivity contribution in [1.29, 1.82) is 0 Å². The third kappa shape index (κ3) is 25.6. The van der Waals surface area contributed by atoms with E-state index in [9.17, 15) is 49.2 Å². The van der Waals surface area contributed by atoms with E-state index in [0.29, 0.717) is 26.1 Å². The number of hydrogen-bond acceptors (Lipinski definition) is 8. The molecule has 2 fully saturated rings. The molecule has 0 amide bonds. The molecule has 0 aromatic carbocycles. The van der Waals surface area contributed by atoms with Crippen LogP contribution in [0.1, 0.15) is 44.9 Å². The number of carbonyl (C=O) groups excluding carboxylic acids is 2. The molecule has 2 aliphatic heterocycles. The summed E-state index contributed by atoms with van der Waals surface area (Å²) in [5.74, 6) is -1.26. The maximum atomic E-state index is 12.2. The van der Waals surface area contributed by atoms with Crippen LogP contribution in [-0.4, -0.2) is 83.8 Å². The molecule has 270 valence electrons. The fourth-order valence-electron chi connectivity index (χ4n) is 4.32. The first kappa shape index (κ1) is 45.9. The van der Waals surface area contributed by atoms with Crippen LogP contribution in [0, 0.1) is 5.92 Å². The Hall–Kier alpha value is -1.18. The lowest BCUT2D eigenvalue weighted by atomic mass is 10.0. The Morgan fingerprint density at radius 3 is 2.02 bits per heavy atom. The maximum absolute atomic E-state index is 12.2. The molecule has 22 heteroatoms. The van der Waals surface area contributed by atoms with Crippen LogP contribution in [0.25, 0.3) is 0 Å². The van der Waals surface area contributed by atoms with Crippen LogP contribution in [0.15, 0.2) is 0 Å². The van der Waals surface area contributed by atoms with Crippen molar-refractivity contribution in [2.75, 3.05) is 33.4 Å². The Kier molecular flexibility index (Phi) is 24.5.